The minimum Gasteiger partial charge on any atom is -0.452 e. The Morgan fingerprint density at radius 3 is 2.44 bits per heavy atom. The van der Waals surface area contributed by atoms with E-state index >= 15 is 0 Å². The first-order valence-corrected chi connectivity index (χ1v) is 8.24. The standard InChI is InChI=1S/C20H20N2O5/c1-15-5-3-4-6-17(15)13-21(2)19(23)14-27-20(24)12-9-16-7-10-18(11-8-16)22(25)26/h3-12H,13-14H2,1-2H3/b12-9+. The van der Waals surface area contributed by atoms with Crippen molar-refractivity contribution in [1.82, 2.24) is 4.90 Å². The van der Waals surface area contributed by atoms with Crippen molar-refractivity contribution in [2.24, 2.45) is 0 Å². The van der Waals surface area contributed by atoms with Crippen LogP contribution in [0.25, 0.3) is 6.08 Å². The van der Waals surface area contributed by atoms with Crippen molar-refractivity contribution in [2.75, 3.05) is 13.7 Å². The number of amides is 1. The zero-order valence-corrected chi connectivity index (χ0v) is 15.1. The van der Waals surface area contributed by atoms with Crippen LogP contribution in [0, 0.1) is 17.0 Å². The molecule has 2 aromatic rings. The van der Waals surface area contributed by atoms with Crippen molar-refractivity contribution in [3.8, 4) is 0 Å². The molecule has 7 heteroatoms. The van der Waals surface area contributed by atoms with Gasteiger partial charge in [-0.15, -0.1) is 0 Å². The van der Waals surface area contributed by atoms with Crippen molar-refractivity contribution >= 4 is 23.6 Å². The summed E-state index contributed by atoms with van der Waals surface area (Å²) in [5.41, 5.74) is 2.69. The normalized spacial score (nSPS) is 10.6. The number of nitro groups is 1. The highest BCUT2D eigenvalue weighted by atomic mass is 16.6. The number of ether oxygens (including phenoxy) is 1. The highest BCUT2D eigenvalue weighted by Crippen LogP contribution is 2.13. The molecule has 0 N–H and O–H groups in total. The van der Waals surface area contributed by atoms with Gasteiger partial charge in [-0.3, -0.25) is 14.9 Å². The molecule has 0 unspecified atom stereocenters. The van der Waals surface area contributed by atoms with Gasteiger partial charge < -0.3 is 9.64 Å². The van der Waals surface area contributed by atoms with E-state index in [1.165, 1.54) is 41.3 Å². The second-order valence-electron chi connectivity index (χ2n) is 5.97. The first-order chi connectivity index (χ1) is 12.9. The van der Waals surface area contributed by atoms with E-state index in [2.05, 4.69) is 0 Å². The number of likely N-dealkylation sites (N-methyl/N-ethyl adjacent to an activating group) is 1. The molecule has 0 atom stereocenters. The minimum atomic E-state index is -0.661. The lowest BCUT2D eigenvalue weighted by Gasteiger charge is -2.18. The molecule has 0 aliphatic rings. The van der Waals surface area contributed by atoms with Gasteiger partial charge in [0, 0.05) is 31.8 Å². The van der Waals surface area contributed by atoms with Crippen molar-refractivity contribution in [3.05, 3.63) is 81.4 Å². The fraction of sp³-hybridized carbons (Fsp3) is 0.200. The van der Waals surface area contributed by atoms with Gasteiger partial charge in [-0.2, -0.15) is 0 Å². The molecule has 0 saturated carbocycles. The van der Waals surface area contributed by atoms with E-state index < -0.39 is 10.9 Å². The van der Waals surface area contributed by atoms with E-state index in [-0.39, 0.29) is 18.2 Å². The molecule has 0 fully saturated rings. The average Bonchev–Trinajstić information content (AvgIpc) is 2.66. The summed E-state index contributed by atoms with van der Waals surface area (Å²) >= 11 is 0. The fourth-order valence-corrected chi connectivity index (χ4v) is 2.29. The molecular formula is C20H20N2O5. The number of benzene rings is 2. The van der Waals surface area contributed by atoms with Gasteiger partial charge in [0.05, 0.1) is 4.92 Å². The van der Waals surface area contributed by atoms with E-state index in [0.29, 0.717) is 12.1 Å². The van der Waals surface area contributed by atoms with Crippen LogP contribution in [0.1, 0.15) is 16.7 Å². The molecule has 0 aliphatic carbocycles. The van der Waals surface area contributed by atoms with Gasteiger partial charge in [-0.05, 0) is 41.8 Å². The van der Waals surface area contributed by atoms with Crippen molar-refractivity contribution in [2.45, 2.75) is 13.5 Å². The number of esters is 1. The van der Waals surface area contributed by atoms with E-state index in [1.807, 2.05) is 31.2 Å². The summed E-state index contributed by atoms with van der Waals surface area (Å²) in [6, 6.07) is 13.5. The Bertz CT molecular complexity index is 859. The Kier molecular flexibility index (Phi) is 6.82. The highest BCUT2D eigenvalue weighted by molar-refractivity contribution is 5.89. The van der Waals surface area contributed by atoms with Gasteiger partial charge in [0.2, 0.25) is 0 Å². The summed E-state index contributed by atoms with van der Waals surface area (Å²) in [4.78, 5) is 35.4. The van der Waals surface area contributed by atoms with Crippen molar-refractivity contribution in [1.29, 1.82) is 0 Å². The molecule has 0 saturated heterocycles. The molecule has 0 bridgehead atoms. The number of nitrogens with zero attached hydrogens (tertiary/aromatic N) is 2. The Balaban J connectivity index is 1.82. The average molecular weight is 368 g/mol. The van der Waals surface area contributed by atoms with Gasteiger partial charge in [-0.25, -0.2) is 4.79 Å². The molecule has 0 heterocycles. The van der Waals surface area contributed by atoms with Crippen LogP contribution in [0.15, 0.2) is 54.6 Å². The highest BCUT2D eigenvalue weighted by Gasteiger charge is 2.12. The first-order valence-electron chi connectivity index (χ1n) is 8.24. The third-order valence-corrected chi connectivity index (χ3v) is 3.95. The van der Waals surface area contributed by atoms with Gasteiger partial charge in [0.15, 0.2) is 6.61 Å². The number of non-ortho nitro benzene ring substituents is 1. The maximum atomic E-state index is 12.1. The van der Waals surface area contributed by atoms with Gasteiger partial charge >= 0.3 is 5.97 Å². The summed E-state index contributed by atoms with van der Waals surface area (Å²) in [5.74, 6) is -0.971. The smallest absolute Gasteiger partial charge is 0.331 e. The lowest BCUT2D eigenvalue weighted by molar-refractivity contribution is -0.384. The van der Waals surface area contributed by atoms with Crippen LogP contribution in [0.3, 0.4) is 0 Å². The summed E-state index contributed by atoms with van der Waals surface area (Å²) in [6.45, 7) is 2.05. The lowest BCUT2D eigenvalue weighted by Crippen LogP contribution is -2.30. The molecule has 1 amide bonds. The maximum absolute atomic E-state index is 12.1. The molecular weight excluding hydrogens is 348 g/mol. The number of carbonyl (C=O) groups is 2. The first kappa shape index (κ1) is 19.8. The van der Waals surface area contributed by atoms with E-state index in [0.717, 1.165) is 11.1 Å². The number of hydrogen-bond donors (Lipinski definition) is 0. The summed E-state index contributed by atoms with van der Waals surface area (Å²) < 4.78 is 4.95. The van der Waals surface area contributed by atoms with E-state index in [9.17, 15) is 19.7 Å². The lowest BCUT2D eigenvalue weighted by atomic mass is 10.1. The van der Waals surface area contributed by atoms with Crippen LogP contribution in [0.4, 0.5) is 5.69 Å². The van der Waals surface area contributed by atoms with Gasteiger partial charge in [0.25, 0.3) is 11.6 Å². The van der Waals surface area contributed by atoms with Crippen LogP contribution in [0.2, 0.25) is 0 Å². The van der Waals surface area contributed by atoms with Crippen LogP contribution >= 0.6 is 0 Å². The third kappa shape index (κ3) is 6.07. The quantitative estimate of drug-likeness (QED) is 0.324. The molecule has 7 nitrogen and oxygen atoms in total. The summed E-state index contributed by atoms with van der Waals surface area (Å²) in [7, 11) is 1.65. The molecule has 0 spiro atoms. The predicted octanol–water partition coefficient (Wildman–Crippen LogP) is 3.12. The Hall–Kier alpha value is -3.48. The third-order valence-electron chi connectivity index (χ3n) is 3.95. The number of rotatable bonds is 7. The largest absolute Gasteiger partial charge is 0.452 e. The van der Waals surface area contributed by atoms with Crippen LogP contribution in [-0.4, -0.2) is 35.4 Å². The van der Waals surface area contributed by atoms with E-state index in [1.54, 1.807) is 7.05 Å². The Morgan fingerprint density at radius 2 is 1.81 bits per heavy atom. The molecule has 2 aromatic carbocycles. The molecule has 140 valence electrons. The SMILES string of the molecule is Cc1ccccc1CN(C)C(=O)COC(=O)/C=C/c1ccc([N+](=O)[O-])cc1. The van der Waals surface area contributed by atoms with E-state index in [4.69, 9.17) is 4.74 Å². The topological polar surface area (TPSA) is 89.8 Å². The molecule has 2 rings (SSSR count). The molecule has 0 radical (unpaired) electrons. The van der Waals surface area contributed by atoms with Gasteiger partial charge in [-0.1, -0.05) is 24.3 Å². The number of hydrogen-bond acceptors (Lipinski definition) is 5. The summed E-state index contributed by atoms with van der Waals surface area (Å²) in [6.07, 6.45) is 2.64. The second kappa shape index (κ2) is 9.28. The number of nitro benzene ring substituents is 1. The maximum Gasteiger partial charge on any atom is 0.331 e. The second-order valence-corrected chi connectivity index (χ2v) is 5.97. The van der Waals surface area contributed by atoms with Crippen LogP contribution in [0.5, 0.6) is 0 Å². The molecule has 0 aliphatic heterocycles. The Morgan fingerprint density at radius 1 is 1.15 bits per heavy atom. The fourth-order valence-electron chi connectivity index (χ4n) is 2.29. The summed E-state index contributed by atoms with van der Waals surface area (Å²) in [5, 5.41) is 10.6. The Labute approximate surface area is 157 Å². The van der Waals surface area contributed by atoms with Crippen molar-refractivity contribution in [3.63, 3.8) is 0 Å². The van der Waals surface area contributed by atoms with Crippen molar-refractivity contribution < 1.29 is 19.2 Å². The monoisotopic (exact) mass is 368 g/mol. The molecule has 0 aromatic heterocycles. The molecule has 27 heavy (non-hydrogen) atoms. The van der Waals surface area contributed by atoms with Crippen LogP contribution in [-0.2, 0) is 20.9 Å². The van der Waals surface area contributed by atoms with Gasteiger partial charge in [0.1, 0.15) is 0 Å². The minimum absolute atomic E-state index is 0.0305. The number of aryl methyl sites for hydroxylation is 1. The zero-order chi connectivity index (χ0) is 19.8. The van der Waals surface area contributed by atoms with Crippen LogP contribution < -0.4 is 0 Å². The predicted molar refractivity (Wildman–Crippen MR) is 101 cm³/mol. The number of carbonyl (C=O) groups excluding carboxylic acids is 2. The zero-order valence-electron chi connectivity index (χ0n) is 15.1.